The molecule has 1 aliphatic heterocycles. The van der Waals surface area contributed by atoms with Crippen LogP contribution in [0.5, 0.6) is 5.75 Å². The number of hydrogen-bond acceptors (Lipinski definition) is 6. The number of rotatable bonds is 6. The second-order valence-electron chi connectivity index (χ2n) is 7.94. The molecule has 8 nitrogen and oxygen atoms in total. The van der Waals surface area contributed by atoms with Crippen LogP contribution < -0.4 is 15.2 Å². The molecular weight excluding hydrogens is 432 g/mol. The maximum atomic E-state index is 12.8. The number of alkyl halides is 2. The van der Waals surface area contributed by atoms with Crippen molar-refractivity contribution in [3.8, 4) is 16.9 Å². The Hall–Kier alpha value is -3.79. The summed E-state index contributed by atoms with van der Waals surface area (Å²) >= 11 is 0. The van der Waals surface area contributed by atoms with Crippen molar-refractivity contribution in [3.63, 3.8) is 0 Å². The average Bonchev–Trinajstić information content (AvgIpc) is 3.02. The van der Waals surface area contributed by atoms with Crippen molar-refractivity contribution in [2.75, 3.05) is 18.0 Å². The van der Waals surface area contributed by atoms with Crippen molar-refractivity contribution in [1.82, 2.24) is 19.3 Å². The summed E-state index contributed by atoms with van der Waals surface area (Å²) in [6, 6.07) is 12.0. The zero-order chi connectivity index (χ0) is 23.1. The monoisotopic (exact) mass is 453 g/mol. The van der Waals surface area contributed by atoms with Crippen molar-refractivity contribution in [3.05, 3.63) is 70.8 Å². The summed E-state index contributed by atoms with van der Waals surface area (Å²) in [7, 11) is 1.64. The van der Waals surface area contributed by atoms with E-state index in [2.05, 4.69) is 14.7 Å². The third-order valence-electron chi connectivity index (χ3n) is 5.79. The normalized spacial score (nSPS) is 14.2. The third kappa shape index (κ3) is 3.93. The molecule has 33 heavy (non-hydrogen) atoms. The standard InChI is InChI=1S/C23H21F2N5O3/c1-28-21(32)18-7-6-14(16-9-26-23(27-10-16)29-12-17(31)13-29)8-19(18)30(28)11-15-4-2-3-5-20(15)33-22(24)25/h2-10,17,22,31H,11-13H2,1H3. The molecule has 1 aliphatic rings. The van der Waals surface area contributed by atoms with Crippen molar-refractivity contribution in [2.24, 2.45) is 7.05 Å². The van der Waals surface area contributed by atoms with E-state index in [4.69, 9.17) is 0 Å². The number of halogens is 2. The minimum atomic E-state index is -2.94. The quantitative estimate of drug-likeness (QED) is 0.483. The first kappa shape index (κ1) is 21.1. The van der Waals surface area contributed by atoms with Gasteiger partial charge in [0.25, 0.3) is 5.56 Å². The first-order chi connectivity index (χ1) is 15.9. The summed E-state index contributed by atoms with van der Waals surface area (Å²) in [6.45, 7) is -1.74. The number of ether oxygens (including phenoxy) is 1. The topological polar surface area (TPSA) is 85.4 Å². The lowest BCUT2D eigenvalue weighted by Gasteiger charge is -2.35. The maximum absolute atomic E-state index is 12.8. The van der Waals surface area contributed by atoms with Gasteiger partial charge in [-0.1, -0.05) is 24.3 Å². The molecule has 0 amide bonds. The number of hydrogen-bond donors (Lipinski definition) is 1. The van der Waals surface area contributed by atoms with Crippen molar-refractivity contribution in [2.45, 2.75) is 19.3 Å². The van der Waals surface area contributed by atoms with Crippen molar-refractivity contribution in [1.29, 1.82) is 0 Å². The van der Waals surface area contributed by atoms with E-state index in [1.54, 1.807) is 48.4 Å². The van der Waals surface area contributed by atoms with Crippen LogP contribution in [0.4, 0.5) is 14.7 Å². The first-order valence-corrected chi connectivity index (χ1v) is 10.4. The Balaban J connectivity index is 1.51. The highest BCUT2D eigenvalue weighted by atomic mass is 19.3. The molecule has 5 rings (SSSR count). The van der Waals surface area contributed by atoms with Gasteiger partial charge in [-0.25, -0.2) is 9.97 Å². The van der Waals surface area contributed by atoms with Crippen molar-refractivity contribution >= 4 is 16.9 Å². The molecule has 0 radical (unpaired) electrons. The van der Waals surface area contributed by atoms with Gasteiger partial charge in [-0.2, -0.15) is 8.78 Å². The molecule has 0 bridgehead atoms. The fourth-order valence-corrected chi connectivity index (χ4v) is 4.00. The van der Waals surface area contributed by atoms with E-state index >= 15 is 0 Å². The molecule has 3 heterocycles. The number of aliphatic hydroxyl groups excluding tert-OH is 1. The van der Waals surface area contributed by atoms with Gasteiger partial charge < -0.3 is 14.7 Å². The largest absolute Gasteiger partial charge is 0.434 e. The van der Waals surface area contributed by atoms with Gasteiger partial charge in [-0.15, -0.1) is 0 Å². The van der Waals surface area contributed by atoms with Crippen LogP contribution in [-0.4, -0.2) is 50.2 Å². The molecule has 10 heteroatoms. The molecule has 0 atom stereocenters. The van der Waals surface area contributed by atoms with E-state index in [9.17, 15) is 18.7 Å². The lowest BCUT2D eigenvalue weighted by molar-refractivity contribution is -0.0505. The number of para-hydroxylation sites is 1. The van der Waals surface area contributed by atoms with Gasteiger partial charge in [0.2, 0.25) is 5.95 Å². The summed E-state index contributed by atoms with van der Waals surface area (Å²) in [5.74, 6) is 0.621. The predicted molar refractivity (Wildman–Crippen MR) is 119 cm³/mol. The van der Waals surface area contributed by atoms with Gasteiger partial charge in [0.15, 0.2) is 0 Å². The van der Waals surface area contributed by atoms with E-state index in [0.717, 1.165) is 11.1 Å². The molecule has 170 valence electrons. The molecule has 0 saturated carbocycles. The number of anilines is 1. The molecule has 0 aliphatic carbocycles. The van der Waals surface area contributed by atoms with Crippen LogP contribution in [0, 0.1) is 0 Å². The second kappa shape index (κ2) is 8.28. The van der Waals surface area contributed by atoms with E-state index in [1.807, 2.05) is 17.0 Å². The Kier molecular flexibility index (Phi) is 5.29. The molecule has 1 N–H and O–H groups in total. The molecule has 4 aromatic rings. The van der Waals surface area contributed by atoms with Gasteiger partial charge in [0.1, 0.15) is 5.75 Å². The van der Waals surface area contributed by atoms with Crippen molar-refractivity contribution < 1.29 is 18.6 Å². The van der Waals surface area contributed by atoms with E-state index < -0.39 is 6.61 Å². The highest BCUT2D eigenvalue weighted by molar-refractivity contribution is 5.84. The average molecular weight is 453 g/mol. The zero-order valence-electron chi connectivity index (χ0n) is 17.7. The Morgan fingerprint density at radius 1 is 1.12 bits per heavy atom. The molecule has 0 unspecified atom stereocenters. The number of aromatic nitrogens is 4. The lowest BCUT2D eigenvalue weighted by atomic mass is 10.1. The molecular formula is C23H21F2N5O3. The molecule has 2 aromatic heterocycles. The predicted octanol–water partition coefficient (Wildman–Crippen LogP) is 2.63. The second-order valence-corrected chi connectivity index (χ2v) is 7.94. The van der Waals surface area contributed by atoms with E-state index in [0.29, 0.717) is 35.5 Å². The SMILES string of the molecule is Cn1c(=O)c2ccc(-c3cnc(N4CC(O)C4)nc3)cc2n1Cc1ccccc1OC(F)F. The zero-order valence-corrected chi connectivity index (χ0v) is 17.7. The fourth-order valence-electron chi connectivity index (χ4n) is 4.00. The summed E-state index contributed by atoms with van der Waals surface area (Å²) in [4.78, 5) is 23.4. The lowest BCUT2D eigenvalue weighted by Crippen LogP contribution is -2.51. The summed E-state index contributed by atoms with van der Waals surface area (Å²) in [5.41, 5.74) is 2.58. The Morgan fingerprint density at radius 3 is 2.55 bits per heavy atom. The van der Waals surface area contributed by atoms with Gasteiger partial charge >= 0.3 is 6.61 Å². The third-order valence-corrected chi connectivity index (χ3v) is 5.79. The Morgan fingerprint density at radius 2 is 1.85 bits per heavy atom. The van der Waals surface area contributed by atoms with Crippen LogP contribution in [0.25, 0.3) is 22.0 Å². The fraction of sp³-hybridized carbons (Fsp3) is 0.261. The van der Waals surface area contributed by atoms with Gasteiger partial charge in [-0.05, 0) is 23.8 Å². The Bertz CT molecular complexity index is 1360. The minimum absolute atomic E-state index is 0.0676. The highest BCUT2D eigenvalue weighted by Crippen LogP contribution is 2.27. The molecule has 1 saturated heterocycles. The minimum Gasteiger partial charge on any atom is -0.434 e. The van der Waals surface area contributed by atoms with Gasteiger partial charge in [0, 0.05) is 43.7 Å². The summed E-state index contributed by atoms with van der Waals surface area (Å²) < 4.78 is 33.5. The molecule has 2 aromatic carbocycles. The highest BCUT2D eigenvalue weighted by Gasteiger charge is 2.26. The molecule has 0 spiro atoms. The van der Waals surface area contributed by atoms with E-state index in [1.165, 1.54) is 10.7 Å². The number of nitrogens with zero attached hydrogens (tertiary/aromatic N) is 5. The number of aliphatic hydroxyl groups is 1. The summed E-state index contributed by atoms with van der Waals surface area (Å²) in [6.07, 6.45) is 3.05. The first-order valence-electron chi connectivity index (χ1n) is 10.4. The smallest absolute Gasteiger partial charge is 0.387 e. The van der Waals surface area contributed by atoms with E-state index in [-0.39, 0.29) is 24.0 Å². The van der Waals surface area contributed by atoms with Gasteiger partial charge in [-0.3, -0.25) is 14.2 Å². The summed E-state index contributed by atoms with van der Waals surface area (Å²) in [5, 5.41) is 9.97. The molecule has 1 fully saturated rings. The maximum Gasteiger partial charge on any atom is 0.387 e. The van der Waals surface area contributed by atoms with Crippen LogP contribution in [0.15, 0.2) is 59.7 Å². The van der Waals surface area contributed by atoms with Gasteiger partial charge in [0.05, 0.1) is 23.6 Å². The van der Waals surface area contributed by atoms with Crippen LogP contribution in [-0.2, 0) is 13.6 Å². The van der Waals surface area contributed by atoms with Crippen LogP contribution in [0.3, 0.4) is 0 Å². The van der Waals surface area contributed by atoms with Crippen LogP contribution in [0.2, 0.25) is 0 Å². The number of benzene rings is 2. The number of fused-ring (bicyclic) bond motifs is 1. The van der Waals surface area contributed by atoms with Crippen LogP contribution >= 0.6 is 0 Å². The number of β-amino-alcohol motifs (C(OH)–C–C–N with tert-alkyl or cyclic N) is 1. The Labute approximate surface area is 187 Å². The van der Waals surface area contributed by atoms with Crippen LogP contribution in [0.1, 0.15) is 5.56 Å².